The fourth-order valence-electron chi connectivity index (χ4n) is 3.60. The average molecular weight is 417 g/mol. The maximum absolute atomic E-state index is 13.2. The van der Waals surface area contributed by atoms with Crippen molar-refractivity contribution in [3.05, 3.63) is 88.8 Å². The minimum absolute atomic E-state index is 0.0619. The number of anilines is 1. The molecule has 3 rings (SSSR count). The summed E-state index contributed by atoms with van der Waals surface area (Å²) in [5, 5.41) is 2.94. The van der Waals surface area contributed by atoms with Crippen LogP contribution in [0.4, 0.5) is 10.5 Å². The molecule has 0 saturated heterocycles. The molecular weight excluding hydrogens is 388 g/mol. The molecule has 0 spiro atoms. The van der Waals surface area contributed by atoms with Crippen LogP contribution in [0.2, 0.25) is 0 Å². The van der Waals surface area contributed by atoms with Crippen LogP contribution in [0.1, 0.15) is 39.7 Å². The number of hydrogen-bond donors (Lipinski definition) is 1. The smallest absolute Gasteiger partial charge is 0.330 e. The summed E-state index contributed by atoms with van der Waals surface area (Å²) in [6.07, 6.45) is 4.49. The second kappa shape index (κ2) is 9.47. The maximum Gasteiger partial charge on any atom is 0.330 e. The van der Waals surface area contributed by atoms with Gasteiger partial charge < -0.3 is 10.1 Å². The van der Waals surface area contributed by atoms with Gasteiger partial charge in [0, 0.05) is 11.1 Å². The van der Waals surface area contributed by atoms with Gasteiger partial charge in [0.05, 0.1) is 17.1 Å². The van der Waals surface area contributed by atoms with E-state index in [1.807, 2.05) is 81.5 Å². The number of benzene rings is 2. The number of para-hydroxylation sites is 1. The molecule has 0 saturated carbocycles. The number of ether oxygens (including phenoxy) is 1. The highest BCUT2D eigenvalue weighted by Gasteiger charge is 2.31. The van der Waals surface area contributed by atoms with Crippen molar-refractivity contribution in [3.8, 4) is 11.5 Å². The molecule has 0 fully saturated rings. The third-order valence-corrected chi connectivity index (χ3v) is 5.26. The van der Waals surface area contributed by atoms with Crippen LogP contribution in [0.15, 0.2) is 83.2 Å². The monoisotopic (exact) mass is 416 g/mol. The van der Waals surface area contributed by atoms with Crippen molar-refractivity contribution in [2.24, 2.45) is 0 Å². The summed E-state index contributed by atoms with van der Waals surface area (Å²) in [5.74, 6) is 1.39. The van der Waals surface area contributed by atoms with Crippen molar-refractivity contribution in [3.63, 3.8) is 0 Å². The normalized spacial score (nSPS) is 15.9. The SMILES string of the molecule is C/C=C\C1=C(CC)C(=C(\C)C(C)=O)/NC(=O)N1c1ccc(Oc2ccccc2)cc1C. The lowest BCUT2D eigenvalue weighted by molar-refractivity contribution is -0.113. The second-order valence-electron chi connectivity index (χ2n) is 7.40. The van der Waals surface area contributed by atoms with Gasteiger partial charge >= 0.3 is 6.03 Å². The number of allylic oxidation sites excluding steroid dienone is 4. The number of ketones is 1. The maximum atomic E-state index is 13.2. The first-order valence-corrected chi connectivity index (χ1v) is 10.4. The Bertz CT molecular complexity index is 1090. The van der Waals surface area contributed by atoms with E-state index >= 15 is 0 Å². The molecule has 1 heterocycles. The van der Waals surface area contributed by atoms with Crippen molar-refractivity contribution in [2.75, 3.05) is 4.90 Å². The highest BCUT2D eigenvalue weighted by molar-refractivity contribution is 6.03. The Hall–Kier alpha value is -3.60. The van der Waals surface area contributed by atoms with E-state index in [2.05, 4.69) is 5.32 Å². The molecule has 160 valence electrons. The summed E-state index contributed by atoms with van der Waals surface area (Å²) < 4.78 is 5.93. The first-order chi connectivity index (χ1) is 14.9. The van der Waals surface area contributed by atoms with Gasteiger partial charge in [-0.15, -0.1) is 0 Å². The second-order valence-corrected chi connectivity index (χ2v) is 7.40. The zero-order valence-electron chi connectivity index (χ0n) is 18.7. The number of aryl methyl sites for hydroxylation is 1. The predicted molar refractivity (Wildman–Crippen MR) is 124 cm³/mol. The lowest BCUT2D eigenvalue weighted by atomic mass is 9.97. The largest absolute Gasteiger partial charge is 0.457 e. The topological polar surface area (TPSA) is 58.6 Å². The Morgan fingerprint density at radius 3 is 2.39 bits per heavy atom. The number of urea groups is 1. The molecule has 2 aromatic carbocycles. The van der Waals surface area contributed by atoms with Crippen LogP contribution >= 0.6 is 0 Å². The van der Waals surface area contributed by atoms with Gasteiger partial charge in [0.2, 0.25) is 0 Å². The molecular formula is C26H28N2O3. The van der Waals surface area contributed by atoms with Gasteiger partial charge in [-0.3, -0.25) is 9.69 Å². The summed E-state index contributed by atoms with van der Waals surface area (Å²) in [6, 6.07) is 14.9. The Balaban J connectivity index is 2.08. The lowest BCUT2D eigenvalue weighted by Gasteiger charge is -2.34. The van der Waals surface area contributed by atoms with E-state index < -0.39 is 0 Å². The molecule has 5 nitrogen and oxygen atoms in total. The van der Waals surface area contributed by atoms with Crippen molar-refractivity contribution < 1.29 is 14.3 Å². The van der Waals surface area contributed by atoms with E-state index in [9.17, 15) is 9.59 Å². The van der Waals surface area contributed by atoms with Crippen molar-refractivity contribution in [1.29, 1.82) is 0 Å². The Kier molecular flexibility index (Phi) is 6.75. The van der Waals surface area contributed by atoms with E-state index in [-0.39, 0.29) is 11.8 Å². The number of nitrogens with zero attached hydrogens (tertiary/aromatic N) is 1. The summed E-state index contributed by atoms with van der Waals surface area (Å²) >= 11 is 0. The summed E-state index contributed by atoms with van der Waals surface area (Å²) in [7, 11) is 0. The van der Waals surface area contributed by atoms with Crippen LogP contribution in [0.5, 0.6) is 11.5 Å². The first kappa shape index (κ1) is 22.1. The van der Waals surface area contributed by atoms with Crippen LogP contribution in [0.3, 0.4) is 0 Å². The molecule has 0 atom stereocenters. The molecule has 0 aromatic heterocycles. The Morgan fingerprint density at radius 1 is 1.10 bits per heavy atom. The molecule has 5 heteroatoms. The van der Waals surface area contributed by atoms with E-state index in [0.29, 0.717) is 23.4 Å². The van der Waals surface area contributed by atoms with Crippen LogP contribution < -0.4 is 15.0 Å². The number of rotatable bonds is 6. The third kappa shape index (κ3) is 4.61. The number of carbonyl (C=O) groups is 2. The number of amides is 2. The van der Waals surface area contributed by atoms with Gasteiger partial charge in [0.15, 0.2) is 5.78 Å². The highest BCUT2D eigenvalue weighted by Crippen LogP contribution is 2.35. The van der Waals surface area contributed by atoms with Crippen molar-refractivity contribution >= 4 is 17.5 Å². The highest BCUT2D eigenvalue weighted by atomic mass is 16.5. The molecule has 1 aliphatic rings. The van der Waals surface area contributed by atoms with Gasteiger partial charge in [-0.1, -0.05) is 31.2 Å². The number of nitrogens with one attached hydrogen (secondary N) is 1. The number of Topliss-reactive ketones (excluding diaryl/α,β-unsaturated/α-hetero) is 1. The van der Waals surface area contributed by atoms with Gasteiger partial charge in [-0.05, 0) is 76.1 Å². The quantitative estimate of drug-likeness (QED) is 0.553. The van der Waals surface area contributed by atoms with Crippen molar-refractivity contribution in [1.82, 2.24) is 5.32 Å². The van der Waals surface area contributed by atoms with E-state index in [0.717, 1.165) is 28.3 Å². The molecule has 0 unspecified atom stereocenters. The minimum Gasteiger partial charge on any atom is -0.457 e. The number of hydrogen-bond acceptors (Lipinski definition) is 3. The van der Waals surface area contributed by atoms with Gasteiger partial charge in [0.1, 0.15) is 11.5 Å². The standard InChI is InChI=1S/C26H28N2O3/c1-6-11-24-22(7-2)25(18(4)19(5)29)27-26(30)28(24)23-15-14-21(16-17(23)3)31-20-12-9-8-10-13-20/h6,8-16H,7H2,1-5H3,(H,27,30)/b11-6-,25-18-. The minimum atomic E-state index is -0.291. The van der Waals surface area contributed by atoms with Gasteiger partial charge in [0.25, 0.3) is 0 Å². The molecule has 0 bridgehead atoms. The molecule has 1 aliphatic heterocycles. The van der Waals surface area contributed by atoms with Gasteiger partial charge in [-0.2, -0.15) is 0 Å². The van der Waals surface area contributed by atoms with Crippen LogP contribution in [-0.4, -0.2) is 11.8 Å². The molecule has 1 N–H and O–H groups in total. The molecule has 0 radical (unpaired) electrons. The van der Waals surface area contributed by atoms with Crippen LogP contribution in [-0.2, 0) is 4.79 Å². The van der Waals surface area contributed by atoms with Crippen LogP contribution in [0.25, 0.3) is 0 Å². The fourth-order valence-corrected chi connectivity index (χ4v) is 3.60. The summed E-state index contributed by atoms with van der Waals surface area (Å²) in [5.41, 5.74) is 4.51. The first-order valence-electron chi connectivity index (χ1n) is 10.4. The molecule has 2 aromatic rings. The average Bonchev–Trinajstić information content (AvgIpc) is 2.75. The van der Waals surface area contributed by atoms with Gasteiger partial charge in [-0.25, -0.2) is 4.79 Å². The third-order valence-electron chi connectivity index (χ3n) is 5.26. The Morgan fingerprint density at radius 2 is 1.81 bits per heavy atom. The summed E-state index contributed by atoms with van der Waals surface area (Å²) in [4.78, 5) is 26.8. The van der Waals surface area contributed by atoms with Crippen LogP contribution in [0, 0.1) is 6.92 Å². The van der Waals surface area contributed by atoms with E-state index in [1.54, 1.807) is 11.8 Å². The summed E-state index contributed by atoms with van der Waals surface area (Å²) in [6.45, 7) is 9.14. The molecule has 2 amide bonds. The zero-order chi connectivity index (χ0) is 22.5. The Labute approximate surface area is 183 Å². The zero-order valence-corrected chi connectivity index (χ0v) is 18.7. The van der Waals surface area contributed by atoms with Crippen molar-refractivity contribution in [2.45, 2.75) is 41.0 Å². The van der Waals surface area contributed by atoms with E-state index in [1.165, 1.54) is 6.92 Å². The molecule has 0 aliphatic carbocycles. The molecule has 31 heavy (non-hydrogen) atoms. The predicted octanol–water partition coefficient (Wildman–Crippen LogP) is 6.42. The fraction of sp³-hybridized carbons (Fsp3) is 0.231. The number of carbonyl (C=O) groups excluding carboxylic acids is 2. The van der Waals surface area contributed by atoms with E-state index in [4.69, 9.17) is 4.74 Å². The lowest BCUT2D eigenvalue weighted by Crippen LogP contribution is -2.45.